The number of aliphatic imine (C=N–C) groups is 1. The van der Waals surface area contributed by atoms with Gasteiger partial charge in [-0.05, 0) is 52.4 Å². The predicted octanol–water partition coefficient (Wildman–Crippen LogP) is 4.78. The Labute approximate surface area is 186 Å². The fourth-order valence-corrected chi connectivity index (χ4v) is 3.27. The quantitative estimate of drug-likeness (QED) is 0.318. The molecule has 0 radical (unpaired) electrons. The molecule has 0 saturated carbocycles. The number of nitrogens with zero attached hydrogens (tertiary/aromatic N) is 1. The van der Waals surface area contributed by atoms with Gasteiger partial charge in [-0.25, -0.2) is 0 Å². The van der Waals surface area contributed by atoms with Crippen LogP contribution in [0.2, 0.25) is 0 Å². The van der Waals surface area contributed by atoms with E-state index in [2.05, 4.69) is 68.8 Å². The molecule has 2 atom stereocenters. The largest absolute Gasteiger partial charge is 0.373 e. The topological polar surface area (TPSA) is 45.7 Å². The maximum absolute atomic E-state index is 6.14. The Morgan fingerprint density at radius 1 is 1.26 bits per heavy atom. The molecule has 0 bridgehead atoms. The van der Waals surface area contributed by atoms with E-state index >= 15 is 0 Å². The van der Waals surface area contributed by atoms with Crippen LogP contribution in [-0.4, -0.2) is 43.2 Å². The molecular weight excluding hydrogens is 469 g/mol. The van der Waals surface area contributed by atoms with Crippen LogP contribution < -0.4 is 10.6 Å². The van der Waals surface area contributed by atoms with Crippen LogP contribution in [-0.2, 0) is 4.74 Å². The lowest BCUT2D eigenvalue weighted by Gasteiger charge is -2.33. The average Bonchev–Trinajstić information content (AvgIpc) is 2.65. The summed E-state index contributed by atoms with van der Waals surface area (Å²) in [5, 5.41) is 6.92. The first-order chi connectivity index (χ1) is 12.4. The Kier molecular flexibility index (Phi) is 11.1. The lowest BCUT2D eigenvalue weighted by atomic mass is 9.89. The Balaban J connectivity index is 0.00000364. The van der Waals surface area contributed by atoms with Gasteiger partial charge in [-0.2, -0.15) is 11.8 Å². The normalized spacial score (nSPS) is 20.7. The zero-order valence-corrected chi connectivity index (χ0v) is 20.5. The molecule has 1 aliphatic heterocycles. The molecule has 1 aromatic carbocycles. The molecule has 0 aliphatic carbocycles. The number of hydrogen-bond donors (Lipinski definition) is 2. The first-order valence-electron chi connectivity index (χ1n) is 9.70. The van der Waals surface area contributed by atoms with Crippen molar-refractivity contribution in [1.29, 1.82) is 0 Å². The average molecular weight is 506 g/mol. The SMILES string of the molecule is CCNC(=NCC(C)(C)SC)NCC1CCCOC1c1ccc(C)cc1.I. The summed E-state index contributed by atoms with van der Waals surface area (Å²) in [7, 11) is 0. The summed E-state index contributed by atoms with van der Waals surface area (Å²) in [6.07, 6.45) is 4.62. The first kappa shape index (κ1) is 24.6. The molecule has 6 heteroatoms. The van der Waals surface area contributed by atoms with Gasteiger partial charge in [-0.3, -0.25) is 4.99 Å². The number of guanidine groups is 1. The molecule has 0 amide bonds. The number of benzene rings is 1. The number of ether oxygens (including phenoxy) is 1. The third kappa shape index (κ3) is 8.20. The molecule has 154 valence electrons. The summed E-state index contributed by atoms with van der Waals surface area (Å²) in [5.41, 5.74) is 2.57. The standard InChI is InChI=1S/C21H35N3OS.HI/c1-6-22-20(24-15-21(3,4)26-5)23-14-18-8-7-13-25-19(18)17-11-9-16(2)10-12-17;/h9-12,18-19H,6-8,13-15H2,1-5H3,(H2,22,23,24);1H. The van der Waals surface area contributed by atoms with E-state index in [1.54, 1.807) is 0 Å². The van der Waals surface area contributed by atoms with Crippen molar-refractivity contribution in [2.24, 2.45) is 10.9 Å². The van der Waals surface area contributed by atoms with Crippen molar-refractivity contribution in [2.45, 2.75) is 51.4 Å². The molecule has 4 nitrogen and oxygen atoms in total. The van der Waals surface area contributed by atoms with E-state index in [1.807, 2.05) is 11.8 Å². The smallest absolute Gasteiger partial charge is 0.191 e. The minimum absolute atomic E-state index is 0. The maximum Gasteiger partial charge on any atom is 0.191 e. The monoisotopic (exact) mass is 505 g/mol. The second kappa shape index (κ2) is 12.2. The first-order valence-corrected chi connectivity index (χ1v) is 10.9. The van der Waals surface area contributed by atoms with E-state index in [0.717, 1.165) is 38.6 Å². The Bertz CT molecular complexity index is 577. The van der Waals surface area contributed by atoms with E-state index < -0.39 is 0 Å². The van der Waals surface area contributed by atoms with Crippen molar-refractivity contribution in [3.8, 4) is 0 Å². The second-order valence-electron chi connectivity index (χ2n) is 7.64. The summed E-state index contributed by atoms with van der Waals surface area (Å²) in [4.78, 5) is 4.78. The Morgan fingerprint density at radius 2 is 1.96 bits per heavy atom. The molecule has 0 aromatic heterocycles. The number of nitrogens with one attached hydrogen (secondary N) is 2. The van der Waals surface area contributed by atoms with Gasteiger partial charge in [-0.1, -0.05) is 29.8 Å². The van der Waals surface area contributed by atoms with E-state index in [0.29, 0.717) is 5.92 Å². The minimum atomic E-state index is 0. The molecule has 1 aromatic rings. The van der Waals surface area contributed by atoms with Gasteiger partial charge in [0.1, 0.15) is 0 Å². The third-order valence-corrected chi connectivity index (χ3v) is 6.13. The molecule has 1 fully saturated rings. The van der Waals surface area contributed by atoms with Crippen molar-refractivity contribution in [1.82, 2.24) is 10.6 Å². The van der Waals surface area contributed by atoms with Crippen LogP contribution in [0.4, 0.5) is 0 Å². The molecule has 2 rings (SSSR count). The molecule has 1 heterocycles. The number of halogens is 1. The van der Waals surface area contributed by atoms with Crippen LogP contribution in [0, 0.1) is 12.8 Å². The van der Waals surface area contributed by atoms with Crippen molar-refractivity contribution in [3.63, 3.8) is 0 Å². The Hall–Kier alpha value is -0.470. The molecule has 1 aliphatic rings. The number of rotatable bonds is 7. The van der Waals surface area contributed by atoms with Gasteiger partial charge in [0, 0.05) is 30.4 Å². The van der Waals surface area contributed by atoms with Crippen molar-refractivity contribution >= 4 is 41.7 Å². The van der Waals surface area contributed by atoms with Crippen LogP contribution in [0.5, 0.6) is 0 Å². The number of hydrogen-bond acceptors (Lipinski definition) is 3. The van der Waals surface area contributed by atoms with Crippen molar-refractivity contribution in [2.75, 3.05) is 32.5 Å². The van der Waals surface area contributed by atoms with Crippen molar-refractivity contribution in [3.05, 3.63) is 35.4 Å². The molecule has 27 heavy (non-hydrogen) atoms. The summed E-state index contributed by atoms with van der Waals surface area (Å²) in [6, 6.07) is 8.76. The van der Waals surface area contributed by atoms with Gasteiger partial charge in [0.15, 0.2) is 5.96 Å². The van der Waals surface area contributed by atoms with Gasteiger partial charge in [0.05, 0.1) is 12.6 Å². The predicted molar refractivity (Wildman–Crippen MR) is 130 cm³/mol. The van der Waals surface area contributed by atoms with Gasteiger partial charge < -0.3 is 15.4 Å². The third-order valence-electron chi connectivity index (χ3n) is 4.90. The highest BCUT2D eigenvalue weighted by Gasteiger charge is 2.27. The van der Waals surface area contributed by atoms with Gasteiger partial charge in [0.2, 0.25) is 0 Å². The molecule has 2 N–H and O–H groups in total. The highest BCUT2D eigenvalue weighted by atomic mass is 127. The van der Waals surface area contributed by atoms with E-state index in [9.17, 15) is 0 Å². The van der Waals surface area contributed by atoms with Gasteiger partial charge in [-0.15, -0.1) is 24.0 Å². The summed E-state index contributed by atoms with van der Waals surface area (Å²) >= 11 is 1.85. The van der Waals surface area contributed by atoms with Crippen molar-refractivity contribution < 1.29 is 4.74 Å². The van der Waals surface area contributed by atoms with Gasteiger partial charge >= 0.3 is 0 Å². The van der Waals surface area contributed by atoms with E-state index in [-0.39, 0.29) is 34.8 Å². The molecular formula is C21H36IN3OS. The highest BCUT2D eigenvalue weighted by Crippen LogP contribution is 2.33. The van der Waals surface area contributed by atoms with Gasteiger partial charge in [0.25, 0.3) is 0 Å². The lowest BCUT2D eigenvalue weighted by Crippen LogP contribution is -2.42. The molecule has 1 saturated heterocycles. The fraction of sp³-hybridized carbons (Fsp3) is 0.667. The zero-order valence-electron chi connectivity index (χ0n) is 17.4. The van der Waals surface area contributed by atoms with Crippen LogP contribution in [0.1, 0.15) is 50.8 Å². The molecule has 2 unspecified atom stereocenters. The molecule has 0 spiro atoms. The van der Waals surface area contributed by atoms with Crippen LogP contribution in [0.25, 0.3) is 0 Å². The summed E-state index contributed by atoms with van der Waals surface area (Å²) in [5.74, 6) is 1.37. The minimum Gasteiger partial charge on any atom is -0.373 e. The van der Waals surface area contributed by atoms with Crippen LogP contribution in [0.3, 0.4) is 0 Å². The highest BCUT2D eigenvalue weighted by molar-refractivity contribution is 14.0. The van der Waals surface area contributed by atoms with E-state index in [1.165, 1.54) is 17.5 Å². The fourth-order valence-electron chi connectivity index (χ4n) is 3.08. The zero-order chi connectivity index (χ0) is 19.0. The second-order valence-corrected chi connectivity index (χ2v) is 9.16. The van der Waals surface area contributed by atoms with Crippen LogP contribution in [0.15, 0.2) is 29.3 Å². The maximum atomic E-state index is 6.14. The summed E-state index contributed by atoms with van der Waals surface area (Å²) in [6.45, 7) is 12.1. The number of aryl methyl sites for hydroxylation is 1. The van der Waals surface area contributed by atoms with E-state index in [4.69, 9.17) is 9.73 Å². The summed E-state index contributed by atoms with van der Waals surface area (Å²) < 4.78 is 6.29. The van der Waals surface area contributed by atoms with Crippen LogP contribution >= 0.6 is 35.7 Å². The lowest BCUT2D eigenvalue weighted by molar-refractivity contribution is -0.0265. The Morgan fingerprint density at radius 3 is 2.59 bits per heavy atom. The number of thioether (sulfide) groups is 1.